The van der Waals surface area contributed by atoms with Crippen molar-refractivity contribution < 1.29 is 4.79 Å². The molecule has 0 unspecified atom stereocenters. The molecular formula is C15H23N3OS. The Bertz CT molecular complexity index is 489. The fourth-order valence-corrected chi connectivity index (χ4v) is 1.99. The van der Waals surface area contributed by atoms with Crippen molar-refractivity contribution in [3.63, 3.8) is 0 Å². The van der Waals surface area contributed by atoms with Gasteiger partial charge in [-0.25, -0.2) is 0 Å². The lowest BCUT2D eigenvalue weighted by atomic mass is 9.87. The molecule has 0 bridgehead atoms. The quantitative estimate of drug-likeness (QED) is 0.650. The summed E-state index contributed by atoms with van der Waals surface area (Å²) in [5.74, 6) is -0.216. The van der Waals surface area contributed by atoms with Crippen LogP contribution in [0.1, 0.15) is 50.5 Å². The van der Waals surface area contributed by atoms with Crippen LogP contribution in [0.15, 0.2) is 24.3 Å². The molecule has 20 heavy (non-hydrogen) atoms. The van der Waals surface area contributed by atoms with E-state index in [0.29, 0.717) is 5.56 Å². The molecular weight excluding hydrogens is 270 g/mol. The molecule has 1 aromatic rings. The van der Waals surface area contributed by atoms with Gasteiger partial charge in [-0.05, 0) is 49.2 Å². The van der Waals surface area contributed by atoms with E-state index in [1.165, 1.54) is 10.6 Å². The van der Waals surface area contributed by atoms with E-state index in [4.69, 9.17) is 18.0 Å². The van der Waals surface area contributed by atoms with E-state index in [1.807, 2.05) is 38.1 Å². The molecule has 0 saturated carbocycles. The van der Waals surface area contributed by atoms with Crippen LogP contribution in [0, 0.1) is 0 Å². The topological polar surface area (TPSA) is 58.4 Å². The van der Waals surface area contributed by atoms with Crippen LogP contribution >= 0.6 is 12.2 Å². The standard InChI is InChI=1S/C15H23N3OS/c1-10(2)18(14(16)20)17-13(19)11-6-8-12(9-7-11)15(3,4)5/h6-10H,1-5H3,(H2,16,20)(H,17,19). The van der Waals surface area contributed by atoms with Crippen molar-refractivity contribution in [2.75, 3.05) is 0 Å². The molecule has 0 heterocycles. The summed E-state index contributed by atoms with van der Waals surface area (Å²) in [6, 6.07) is 7.57. The van der Waals surface area contributed by atoms with E-state index in [0.717, 1.165) is 0 Å². The maximum absolute atomic E-state index is 12.2. The predicted molar refractivity (Wildman–Crippen MR) is 86.4 cm³/mol. The largest absolute Gasteiger partial charge is 0.375 e. The Balaban J connectivity index is 2.85. The van der Waals surface area contributed by atoms with Crippen molar-refractivity contribution in [1.82, 2.24) is 10.4 Å². The molecule has 1 rings (SSSR count). The van der Waals surface area contributed by atoms with Gasteiger partial charge in [-0.3, -0.25) is 15.2 Å². The van der Waals surface area contributed by atoms with E-state index in [-0.39, 0.29) is 22.5 Å². The Morgan fingerprint density at radius 2 is 1.75 bits per heavy atom. The molecule has 0 saturated heterocycles. The van der Waals surface area contributed by atoms with Crippen LogP contribution in [-0.4, -0.2) is 22.1 Å². The van der Waals surface area contributed by atoms with Crippen molar-refractivity contribution in [1.29, 1.82) is 0 Å². The summed E-state index contributed by atoms with van der Waals surface area (Å²) in [7, 11) is 0. The van der Waals surface area contributed by atoms with Crippen LogP contribution in [0.3, 0.4) is 0 Å². The summed E-state index contributed by atoms with van der Waals surface area (Å²) in [5.41, 5.74) is 10.1. The second-order valence-corrected chi connectivity index (χ2v) is 6.49. The fraction of sp³-hybridized carbons (Fsp3) is 0.467. The molecule has 0 aliphatic heterocycles. The first-order valence-electron chi connectivity index (χ1n) is 6.63. The summed E-state index contributed by atoms with van der Waals surface area (Å²) in [5, 5.41) is 1.63. The Labute approximate surface area is 126 Å². The minimum absolute atomic E-state index is 0.00491. The highest BCUT2D eigenvalue weighted by molar-refractivity contribution is 7.80. The number of nitrogens with two attached hydrogens (primary N) is 1. The third-order valence-corrected chi connectivity index (χ3v) is 3.19. The maximum atomic E-state index is 12.2. The molecule has 1 amide bonds. The molecule has 0 aliphatic rings. The highest BCUT2D eigenvalue weighted by Gasteiger charge is 2.17. The minimum atomic E-state index is -0.216. The van der Waals surface area contributed by atoms with E-state index in [1.54, 1.807) is 0 Å². The number of benzene rings is 1. The van der Waals surface area contributed by atoms with Gasteiger partial charge in [0.1, 0.15) is 0 Å². The number of hydrazine groups is 1. The average Bonchev–Trinajstić information content (AvgIpc) is 2.34. The predicted octanol–water partition coefficient (Wildman–Crippen LogP) is 2.58. The number of hydrogen-bond acceptors (Lipinski definition) is 2. The van der Waals surface area contributed by atoms with Gasteiger partial charge in [0, 0.05) is 11.6 Å². The smallest absolute Gasteiger partial charge is 0.269 e. The number of carbonyl (C=O) groups excluding carboxylic acids is 1. The van der Waals surface area contributed by atoms with Crippen LogP contribution in [-0.2, 0) is 5.41 Å². The zero-order chi connectivity index (χ0) is 15.5. The van der Waals surface area contributed by atoms with Crippen LogP contribution in [0.2, 0.25) is 0 Å². The first-order valence-corrected chi connectivity index (χ1v) is 7.04. The van der Waals surface area contributed by atoms with Crippen LogP contribution in [0.5, 0.6) is 0 Å². The van der Waals surface area contributed by atoms with Gasteiger partial charge in [0.15, 0.2) is 5.11 Å². The molecule has 110 valence electrons. The molecule has 0 fully saturated rings. The molecule has 1 aromatic carbocycles. The lowest BCUT2D eigenvalue weighted by Crippen LogP contribution is -2.52. The van der Waals surface area contributed by atoms with E-state index in [9.17, 15) is 4.79 Å². The highest BCUT2D eigenvalue weighted by atomic mass is 32.1. The normalized spacial score (nSPS) is 11.3. The zero-order valence-electron chi connectivity index (χ0n) is 12.7. The lowest BCUT2D eigenvalue weighted by molar-refractivity contribution is 0.0847. The Kier molecular flexibility index (Phi) is 5.11. The van der Waals surface area contributed by atoms with Crippen LogP contribution in [0.4, 0.5) is 0 Å². The number of rotatable bonds is 2. The first kappa shape index (κ1) is 16.4. The molecule has 0 spiro atoms. The minimum Gasteiger partial charge on any atom is -0.375 e. The number of nitrogens with zero attached hydrogens (tertiary/aromatic N) is 1. The number of nitrogens with one attached hydrogen (secondary N) is 1. The second-order valence-electron chi connectivity index (χ2n) is 6.07. The van der Waals surface area contributed by atoms with Crippen molar-refractivity contribution in [3.8, 4) is 0 Å². The summed E-state index contributed by atoms with van der Waals surface area (Å²) in [6.07, 6.45) is 0. The fourth-order valence-electron chi connectivity index (χ4n) is 1.73. The Hall–Kier alpha value is -1.62. The number of carbonyl (C=O) groups is 1. The highest BCUT2D eigenvalue weighted by Crippen LogP contribution is 2.22. The SMILES string of the molecule is CC(C)N(NC(=O)c1ccc(C(C)(C)C)cc1)C(N)=S. The molecule has 0 radical (unpaired) electrons. The summed E-state index contributed by atoms with van der Waals surface area (Å²) in [6.45, 7) is 10.2. The maximum Gasteiger partial charge on any atom is 0.269 e. The summed E-state index contributed by atoms with van der Waals surface area (Å²) in [4.78, 5) is 12.2. The van der Waals surface area contributed by atoms with E-state index >= 15 is 0 Å². The number of hydrogen-bond donors (Lipinski definition) is 2. The zero-order valence-corrected chi connectivity index (χ0v) is 13.5. The summed E-state index contributed by atoms with van der Waals surface area (Å²) >= 11 is 4.92. The van der Waals surface area contributed by atoms with Gasteiger partial charge in [-0.1, -0.05) is 32.9 Å². The third-order valence-electron chi connectivity index (χ3n) is 2.99. The van der Waals surface area contributed by atoms with Crippen molar-refractivity contribution >= 4 is 23.2 Å². The van der Waals surface area contributed by atoms with Gasteiger partial charge < -0.3 is 5.73 Å². The van der Waals surface area contributed by atoms with Gasteiger partial charge in [-0.15, -0.1) is 0 Å². The van der Waals surface area contributed by atoms with Gasteiger partial charge in [0.2, 0.25) is 0 Å². The molecule has 4 nitrogen and oxygen atoms in total. The van der Waals surface area contributed by atoms with Crippen LogP contribution < -0.4 is 11.2 Å². The monoisotopic (exact) mass is 293 g/mol. The van der Waals surface area contributed by atoms with Crippen molar-refractivity contribution in [2.24, 2.45) is 5.73 Å². The van der Waals surface area contributed by atoms with E-state index < -0.39 is 0 Å². The Morgan fingerprint density at radius 1 is 1.25 bits per heavy atom. The van der Waals surface area contributed by atoms with Gasteiger partial charge in [-0.2, -0.15) is 0 Å². The lowest BCUT2D eigenvalue weighted by Gasteiger charge is -2.27. The Morgan fingerprint density at radius 3 is 2.10 bits per heavy atom. The van der Waals surface area contributed by atoms with Gasteiger partial charge >= 0.3 is 0 Å². The number of thiocarbonyl (C=S) groups is 1. The van der Waals surface area contributed by atoms with Crippen molar-refractivity contribution in [2.45, 2.75) is 46.1 Å². The van der Waals surface area contributed by atoms with Gasteiger partial charge in [0.25, 0.3) is 5.91 Å². The number of amides is 1. The molecule has 0 aromatic heterocycles. The molecule has 0 aliphatic carbocycles. The molecule has 5 heteroatoms. The van der Waals surface area contributed by atoms with Crippen molar-refractivity contribution in [3.05, 3.63) is 35.4 Å². The van der Waals surface area contributed by atoms with Crippen LogP contribution in [0.25, 0.3) is 0 Å². The first-order chi connectivity index (χ1) is 9.12. The van der Waals surface area contributed by atoms with E-state index in [2.05, 4.69) is 26.2 Å². The average molecular weight is 293 g/mol. The second kappa shape index (κ2) is 6.22. The third kappa shape index (κ3) is 4.20. The molecule has 0 atom stereocenters. The molecule has 3 N–H and O–H groups in total. The van der Waals surface area contributed by atoms with Gasteiger partial charge in [0.05, 0.1) is 0 Å². The summed E-state index contributed by atoms with van der Waals surface area (Å²) < 4.78 is 0.